The molecule has 1 saturated heterocycles. The van der Waals surface area contributed by atoms with Gasteiger partial charge in [0.05, 0.1) is 11.9 Å². The van der Waals surface area contributed by atoms with Gasteiger partial charge in [0.2, 0.25) is 0 Å². The van der Waals surface area contributed by atoms with Gasteiger partial charge in [0.1, 0.15) is 10.0 Å². The van der Waals surface area contributed by atoms with E-state index < -0.39 is 11.5 Å². The molecule has 1 aromatic rings. The minimum absolute atomic E-state index is 0.175. The topological polar surface area (TPSA) is 101 Å². The third-order valence-corrected chi connectivity index (χ3v) is 4.91. The van der Waals surface area contributed by atoms with Crippen LogP contribution >= 0.6 is 15.9 Å². The Kier molecular flexibility index (Phi) is 3.53. The molecular formula is C13H17BrN4O3. The zero-order valence-electron chi connectivity index (χ0n) is 11.5. The first-order valence-electron chi connectivity index (χ1n) is 6.93. The highest BCUT2D eigenvalue weighted by Gasteiger charge is 2.42. The predicted molar refractivity (Wildman–Crippen MR) is 80.3 cm³/mol. The molecule has 2 fully saturated rings. The average molecular weight is 357 g/mol. The number of halogens is 1. The van der Waals surface area contributed by atoms with Gasteiger partial charge in [-0.25, -0.2) is 4.68 Å². The molecule has 0 amide bonds. The maximum Gasteiger partial charge on any atom is 0.325 e. The van der Waals surface area contributed by atoms with Gasteiger partial charge >= 0.3 is 5.97 Å². The Morgan fingerprint density at radius 1 is 1.57 bits per heavy atom. The molecule has 0 radical (unpaired) electrons. The molecule has 1 aliphatic carbocycles. The highest BCUT2D eigenvalue weighted by Crippen LogP contribution is 2.31. The van der Waals surface area contributed by atoms with Crippen molar-refractivity contribution in [2.75, 3.05) is 18.0 Å². The molecule has 1 aromatic heterocycles. The molecule has 0 bridgehead atoms. The van der Waals surface area contributed by atoms with E-state index >= 15 is 0 Å². The smallest absolute Gasteiger partial charge is 0.325 e. The molecular weight excluding hydrogens is 340 g/mol. The number of carboxylic acids is 1. The summed E-state index contributed by atoms with van der Waals surface area (Å²) in [6.45, 7) is 1.32. The van der Waals surface area contributed by atoms with E-state index in [1.807, 2.05) is 0 Å². The Balaban J connectivity index is 1.85. The second-order valence-corrected chi connectivity index (χ2v) is 6.70. The van der Waals surface area contributed by atoms with Crippen LogP contribution in [-0.2, 0) is 11.3 Å². The number of aliphatic carboxylic acids is 1. The van der Waals surface area contributed by atoms with E-state index in [9.17, 15) is 9.59 Å². The summed E-state index contributed by atoms with van der Waals surface area (Å²) >= 11 is 3.32. The molecule has 21 heavy (non-hydrogen) atoms. The molecule has 2 aliphatic rings. The summed E-state index contributed by atoms with van der Waals surface area (Å²) in [6, 6.07) is 0. The first-order valence-corrected chi connectivity index (χ1v) is 7.73. The number of nitrogens with two attached hydrogens (primary N) is 1. The summed E-state index contributed by atoms with van der Waals surface area (Å²) in [5.41, 5.74) is 5.04. The monoisotopic (exact) mass is 356 g/mol. The second kappa shape index (κ2) is 5.10. The predicted octanol–water partition coefficient (Wildman–Crippen LogP) is 0.408. The van der Waals surface area contributed by atoms with E-state index in [4.69, 9.17) is 10.8 Å². The quantitative estimate of drug-likeness (QED) is 0.809. The summed E-state index contributed by atoms with van der Waals surface area (Å²) in [7, 11) is 0. The largest absolute Gasteiger partial charge is 0.480 e. The Hall–Kier alpha value is -1.41. The van der Waals surface area contributed by atoms with Crippen LogP contribution in [0, 0.1) is 5.92 Å². The average Bonchev–Trinajstić information content (AvgIpc) is 3.16. The molecule has 2 heterocycles. The molecule has 3 rings (SSSR count). The van der Waals surface area contributed by atoms with Crippen LogP contribution < -0.4 is 16.2 Å². The number of carbonyl (C=O) groups is 1. The van der Waals surface area contributed by atoms with Crippen molar-refractivity contribution in [1.29, 1.82) is 0 Å². The first kappa shape index (κ1) is 14.5. The zero-order valence-corrected chi connectivity index (χ0v) is 13.0. The Labute approximate surface area is 129 Å². The normalized spacial score (nSPS) is 25.3. The van der Waals surface area contributed by atoms with E-state index in [0.29, 0.717) is 35.6 Å². The second-order valence-electron chi connectivity index (χ2n) is 5.91. The SMILES string of the molecule is NC1(C(=O)O)CCN(c2cnn(CC3CC3)c(=O)c2Br)C1. The van der Waals surface area contributed by atoms with Gasteiger partial charge in [-0.1, -0.05) is 0 Å². The summed E-state index contributed by atoms with van der Waals surface area (Å²) in [4.78, 5) is 25.3. The van der Waals surface area contributed by atoms with Crippen LogP contribution in [0.3, 0.4) is 0 Å². The van der Waals surface area contributed by atoms with E-state index in [0.717, 1.165) is 12.8 Å². The van der Waals surface area contributed by atoms with Gasteiger partial charge in [0.25, 0.3) is 5.56 Å². The lowest BCUT2D eigenvalue weighted by Gasteiger charge is -2.22. The summed E-state index contributed by atoms with van der Waals surface area (Å²) in [6.07, 6.45) is 4.25. The van der Waals surface area contributed by atoms with Gasteiger partial charge in [0.15, 0.2) is 0 Å². The van der Waals surface area contributed by atoms with Gasteiger partial charge in [-0.15, -0.1) is 0 Å². The van der Waals surface area contributed by atoms with Gasteiger partial charge in [-0.3, -0.25) is 9.59 Å². The first-order chi connectivity index (χ1) is 9.90. The summed E-state index contributed by atoms with van der Waals surface area (Å²) in [5, 5.41) is 13.4. The van der Waals surface area contributed by atoms with E-state index in [1.165, 1.54) is 4.68 Å². The van der Waals surface area contributed by atoms with Gasteiger partial charge in [0, 0.05) is 19.6 Å². The molecule has 0 aromatic carbocycles. The lowest BCUT2D eigenvalue weighted by molar-refractivity contribution is -0.142. The Bertz CT molecular complexity index is 643. The number of hydrogen-bond donors (Lipinski definition) is 2. The molecule has 7 nitrogen and oxygen atoms in total. The maximum absolute atomic E-state index is 12.3. The Morgan fingerprint density at radius 3 is 2.86 bits per heavy atom. The molecule has 3 N–H and O–H groups in total. The number of anilines is 1. The van der Waals surface area contributed by atoms with Gasteiger partial charge in [-0.05, 0) is 41.1 Å². The van der Waals surface area contributed by atoms with Crippen LogP contribution in [0.1, 0.15) is 19.3 Å². The van der Waals surface area contributed by atoms with Crippen LogP contribution in [0.4, 0.5) is 5.69 Å². The van der Waals surface area contributed by atoms with Crippen LogP contribution in [0.2, 0.25) is 0 Å². The highest BCUT2D eigenvalue weighted by molar-refractivity contribution is 9.10. The van der Waals surface area contributed by atoms with Crippen molar-refractivity contribution in [1.82, 2.24) is 9.78 Å². The van der Waals surface area contributed by atoms with Crippen molar-refractivity contribution < 1.29 is 9.90 Å². The van der Waals surface area contributed by atoms with E-state index in [2.05, 4.69) is 21.0 Å². The highest BCUT2D eigenvalue weighted by atomic mass is 79.9. The molecule has 8 heteroatoms. The number of hydrogen-bond acceptors (Lipinski definition) is 5. The van der Waals surface area contributed by atoms with Crippen LogP contribution in [0.5, 0.6) is 0 Å². The number of carboxylic acid groups (broad SMARTS) is 1. The van der Waals surface area contributed by atoms with Crippen molar-refractivity contribution in [2.24, 2.45) is 11.7 Å². The standard InChI is InChI=1S/C13H17BrN4O3/c14-10-9(17-4-3-13(15,7-17)12(20)21)5-16-18(11(10)19)6-8-1-2-8/h5,8H,1-4,6-7,15H2,(H,20,21). The maximum atomic E-state index is 12.3. The zero-order chi connectivity index (χ0) is 15.2. The molecule has 1 unspecified atom stereocenters. The van der Waals surface area contributed by atoms with Crippen LogP contribution in [-0.4, -0.2) is 39.5 Å². The fraction of sp³-hybridized carbons (Fsp3) is 0.615. The summed E-state index contributed by atoms with van der Waals surface area (Å²) < 4.78 is 1.89. The molecule has 1 saturated carbocycles. The molecule has 1 aliphatic heterocycles. The van der Waals surface area contributed by atoms with Crippen molar-refractivity contribution in [3.05, 3.63) is 21.0 Å². The minimum Gasteiger partial charge on any atom is -0.480 e. The number of rotatable bonds is 4. The fourth-order valence-corrected chi connectivity index (χ4v) is 3.12. The van der Waals surface area contributed by atoms with E-state index in [-0.39, 0.29) is 12.1 Å². The van der Waals surface area contributed by atoms with Gasteiger partial charge in [-0.2, -0.15) is 5.10 Å². The van der Waals surface area contributed by atoms with Crippen molar-refractivity contribution in [3.8, 4) is 0 Å². The third kappa shape index (κ3) is 2.69. The van der Waals surface area contributed by atoms with Crippen LogP contribution in [0.15, 0.2) is 15.5 Å². The lowest BCUT2D eigenvalue weighted by Crippen LogP contribution is -2.50. The molecule has 0 spiro atoms. The molecule has 114 valence electrons. The van der Waals surface area contributed by atoms with Gasteiger partial charge < -0.3 is 15.7 Å². The number of aromatic nitrogens is 2. The minimum atomic E-state index is -1.26. The van der Waals surface area contributed by atoms with Crippen molar-refractivity contribution >= 4 is 27.6 Å². The Morgan fingerprint density at radius 2 is 2.29 bits per heavy atom. The van der Waals surface area contributed by atoms with E-state index in [1.54, 1.807) is 11.1 Å². The molecule has 1 atom stereocenters. The third-order valence-electron chi connectivity index (χ3n) is 4.16. The van der Waals surface area contributed by atoms with Crippen molar-refractivity contribution in [2.45, 2.75) is 31.3 Å². The lowest BCUT2D eigenvalue weighted by atomic mass is 10.0. The fourth-order valence-electron chi connectivity index (χ4n) is 2.57. The number of nitrogens with zero attached hydrogens (tertiary/aromatic N) is 3. The van der Waals surface area contributed by atoms with Crippen molar-refractivity contribution in [3.63, 3.8) is 0 Å². The van der Waals surface area contributed by atoms with Crippen LogP contribution in [0.25, 0.3) is 0 Å². The summed E-state index contributed by atoms with van der Waals surface area (Å²) in [5.74, 6) is -0.459.